The summed E-state index contributed by atoms with van der Waals surface area (Å²) in [5, 5.41) is 2.92. The van der Waals surface area contributed by atoms with Crippen molar-refractivity contribution >= 4 is 23.1 Å². The highest BCUT2D eigenvalue weighted by molar-refractivity contribution is 6.36. The van der Waals surface area contributed by atoms with Crippen LogP contribution in [0.4, 0.5) is 14.5 Å². The summed E-state index contributed by atoms with van der Waals surface area (Å²) >= 11 is 0. The highest BCUT2D eigenvalue weighted by Gasteiger charge is 2.38. The first-order valence-corrected chi connectivity index (χ1v) is 9.46. The normalized spacial score (nSPS) is 13.9. The highest BCUT2D eigenvalue weighted by atomic mass is 19.1. The summed E-state index contributed by atoms with van der Waals surface area (Å²) in [4.78, 5) is 27.4. The number of anilines is 1. The van der Waals surface area contributed by atoms with Crippen molar-refractivity contribution in [2.75, 3.05) is 11.9 Å². The standard InChI is InChI=1S/C24H18F2N2O2/c25-18-11-9-16(10-12-18)13-14-28-23(29)21(17-5-2-1-3-6-17)22(24(28)30)27-20-8-4-7-19(26)15-20/h1-12,15,27H,13-14H2. The molecule has 6 heteroatoms. The third-order valence-electron chi connectivity index (χ3n) is 4.86. The number of nitrogens with zero attached hydrogens (tertiary/aromatic N) is 1. The van der Waals surface area contributed by atoms with E-state index in [2.05, 4.69) is 5.32 Å². The minimum atomic E-state index is -0.481. The zero-order valence-electron chi connectivity index (χ0n) is 15.9. The fourth-order valence-electron chi connectivity index (χ4n) is 3.37. The maximum atomic E-state index is 13.6. The Labute approximate surface area is 172 Å². The molecule has 0 aliphatic carbocycles. The van der Waals surface area contributed by atoms with Crippen LogP contribution in [0.5, 0.6) is 0 Å². The van der Waals surface area contributed by atoms with E-state index < -0.39 is 17.6 Å². The van der Waals surface area contributed by atoms with Crippen molar-refractivity contribution in [3.63, 3.8) is 0 Å². The van der Waals surface area contributed by atoms with Gasteiger partial charge in [-0.25, -0.2) is 8.78 Å². The van der Waals surface area contributed by atoms with E-state index in [4.69, 9.17) is 0 Å². The first-order valence-electron chi connectivity index (χ1n) is 9.46. The van der Waals surface area contributed by atoms with Crippen LogP contribution in [0.25, 0.3) is 5.57 Å². The molecule has 3 aromatic carbocycles. The number of carbonyl (C=O) groups is 2. The van der Waals surface area contributed by atoms with Crippen molar-refractivity contribution in [1.82, 2.24) is 4.90 Å². The van der Waals surface area contributed by atoms with E-state index in [1.807, 2.05) is 6.07 Å². The smallest absolute Gasteiger partial charge is 0.278 e. The number of benzene rings is 3. The summed E-state index contributed by atoms with van der Waals surface area (Å²) in [5.74, 6) is -1.70. The molecule has 0 saturated carbocycles. The monoisotopic (exact) mass is 404 g/mol. The number of imide groups is 1. The van der Waals surface area contributed by atoms with Crippen molar-refractivity contribution in [3.8, 4) is 0 Å². The van der Waals surface area contributed by atoms with Crippen LogP contribution in [-0.2, 0) is 16.0 Å². The Hall–Kier alpha value is -3.80. The van der Waals surface area contributed by atoms with Crippen LogP contribution in [-0.4, -0.2) is 23.3 Å². The number of rotatable bonds is 6. The third kappa shape index (κ3) is 3.98. The SMILES string of the molecule is O=C1C(Nc2cccc(F)c2)=C(c2ccccc2)C(=O)N1CCc1ccc(F)cc1. The Morgan fingerprint density at radius 2 is 1.50 bits per heavy atom. The van der Waals surface area contributed by atoms with Crippen LogP contribution in [0.1, 0.15) is 11.1 Å². The third-order valence-corrected chi connectivity index (χ3v) is 4.86. The molecule has 150 valence electrons. The van der Waals surface area contributed by atoms with E-state index in [0.29, 0.717) is 17.7 Å². The van der Waals surface area contributed by atoms with Crippen molar-refractivity contribution in [1.29, 1.82) is 0 Å². The van der Waals surface area contributed by atoms with Gasteiger partial charge in [-0.2, -0.15) is 0 Å². The Morgan fingerprint density at radius 1 is 0.767 bits per heavy atom. The molecule has 2 amide bonds. The average molecular weight is 404 g/mol. The first-order chi connectivity index (χ1) is 14.5. The Kier molecular flexibility index (Phi) is 5.39. The fraction of sp³-hybridized carbons (Fsp3) is 0.0833. The average Bonchev–Trinajstić information content (AvgIpc) is 2.98. The summed E-state index contributed by atoms with van der Waals surface area (Å²) in [6, 6.07) is 20.5. The second kappa shape index (κ2) is 8.29. The molecule has 0 aromatic heterocycles. The quantitative estimate of drug-likeness (QED) is 0.620. The molecule has 0 bridgehead atoms. The van der Waals surface area contributed by atoms with Crippen LogP contribution in [0.15, 0.2) is 84.6 Å². The molecule has 0 saturated heterocycles. The summed E-state index contributed by atoms with van der Waals surface area (Å²) in [5.41, 5.74) is 2.13. The molecule has 0 spiro atoms. The van der Waals surface area contributed by atoms with Gasteiger partial charge in [-0.15, -0.1) is 0 Å². The van der Waals surface area contributed by atoms with Gasteiger partial charge in [0.1, 0.15) is 17.3 Å². The van der Waals surface area contributed by atoms with Gasteiger partial charge in [-0.05, 0) is 47.9 Å². The zero-order valence-corrected chi connectivity index (χ0v) is 15.9. The van der Waals surface area contributed by atoms with Gasteiger partial charge in [0.05, 0.1) is 5.57 Å². The molecular weight excluding hydrogens is 386 g/mol. The molecular formula is C24H18F2N2O2. The van der Waals surface area contributed by atoms with E-state index in [-0.39, 0.29) is 23.6 Å². The lowest BCUT2D eigenvalue weighted by Crippen LogP contribution is -2.34. The Balaban J connectivity index is 1.64. The van der Waals surface area contributed by atoms with E-state index >= 15 is 0 Å². The van der Waals surface area contributed by atoms with Crippen molar-refractivity contribution in [3.05, 3.63) is 107 Å². The molecule has 0 fully saturated rings. The lowest BCUT2D eigenvalue weighted by molar-refractivity contribution is -0.136. The van der Waals surface area contributed by atoms with Crippen LogP contribution in [0.3, 0.4) is 0 Å². The molecule has 4 rings (SSSR count). The van der Waals surface area contributed by atoms with Gasteiger partial charge in [0.25, 0.3) is 11.8 Å². The highest BCUT2D eigenvalue weighted by Crippen LogP contribution is 2.30. The Bertz CT molecular complexity index is 1130. The predicted octanol–water partition coefficient (Wildman–Crippen LogP) is 4.40. The van der Waals surface area contributed by atoms with E-state index in [0.717, 1.165) is 10.5 Å². The summed E-state index contributed by atoms with van der Waals surface area (Å²) in [7, 11) is 0. The number of nitrogens with one attached hydrogen (secondary N) is 1. The number of hydrogen-bond donors (Lipinski definition) is 1. The predicted molar refractivity (Wildman–Crippen MR) is 110 cm³/mol. The topological polar surface area (TPSA) is 49.4 Å². The lowest BCUT2D eigenvalue weighted by Gasteiger charge is -2.15. The minimum Gasteiger partial charge on any atom is -0.350 e. The van der Waals surface area contributed by atoms with Crippen LogP contribution < -0.4 is 5.32 Å². The van der Waals surface area contributed by atoms with Crippen LogP contribution >= 0.6 is 0 Å². The molecule has 1 aliphatic heterocycles. The summed E-state index contributed by atoms with van der Waals surface area (Å²) < 4.78 is 26.7. The number of halogens is 2. The van der Waals surface area contributed by atoms with Crippen LogP contribution in [0.2, 0.25) is 0 Å². The lowest BCUT2D eigenvalue weighted by atomic mass is 10.0. The number of amides is 2. The van der Waals surface area contributed by atoms with E-state index in [9.17, 15) is 18.4 Å². The van der Waals surface area contributed by atoms with Gasteiger partial charge in [-0.3, -0.25) is 14.5 Å². The number of carbonyl (C=O) groups excluding carboxylic acids is 2. The van der Waals surface area contributed by atoms with Crippen molar-refractivity contribution in [2.24, 2.45) is 0 Å². The maximum absolute atomic E-state index is 13.6. The van der Waals surface area contributed by atoms with Gasteiger partial charge in [0.15, 0.2) is 0 Å². The van der Waals surface area contributed by atoms with E-state index in [1.54, 1.807) is 42.5 Å². The van der Waals surface area contributed by atoms with Gasteiger partial charge in [0, 0.05) is 12.2 Å². The zero-order chi connectivity index (χ0) is 21.1. The summed E-state index contributed by atoms with van der Waals surface area (Å²) in [6.07, 6.45) is 0.396. The van der Waals surface area contributed by atoms with Gasteiger partial charge >= 0.3 is 0 Å². The summed E-state index contributed by atoms with van der Waals surface area (Å²) in [6.45, 7) is 0.147. The Morgan fingerprint density at radius 3 is 2.20 bits per heavy atom. The molecule has 3 aromatic rings. The first kappa shape index (κ1) is 19.5. The fourth-order valence-corrected chi connectivity index (χ4v) is 3.37. The molecule has 0 radical (unpaired) electrons. The molecule has 1 aliphatic rings. The van der Waals surface area contributed by atoms with E-state index in [1.165, 1.54) is 30.3 Å². The molecule has 0 atom stereocenters. The number of hydrogen-bond acceptors (Lipinski definition) is 3. The van der Waals surface area contributed by atoms with Gasteiger partial charge in [-0.1, -0.05) is 48.5 Å². The van der Waals surface area contributed by atoms with Gasteiger partial charge < -0.3 is 5.32 Å². The second-order valence-corrected chi connectivity index (χ2v) is 6.89. The largest absolute Gasteiger partial charge is 0.350 e. The molecule has 0 unspecified atom stereocenters. The molecule has 1 heterocycles. The molecule has 1 N–H and O–H groups in total. The van der Waals surface area contributed by atoms with Crippen molar-refractivity contribution < 1.29 is 18.4 Å². The van der Waals surface area contributed by atoms with Gasteiger partial charge in [0.2, 0.25) is 0 Å². The minimum absolute atomic E-state index is 0.107. The molecule has 30 heavy (non-hydrogen) atoms. The second-order valence-electron chi connectivity index (χ2n) is 6.89. The van der Waals surface area contributed by atoms with Crippen molar-refractivity contribution in [2.45, 2.75) is 6.42 Å². The molecule has 4 nitrogen and oxygen atoms in total. The van der Waals surface area contributed by atoms with Crippen LogP contribution in [0, 0.1) is 11.6 Å². The maximum Gasteiger partial charge on any atom is 0.278 e.